The van der Waals surface area contributed by atoms with Crippen LogP contribution in [0, 0.1) is 5.82 Å². The van der Waals surface area contributed by atoms with Gasteiger partial charge in [-0.15, -0.1) is 5.10 Å². The molecule has 0 saturated carbocycles. The van der Waals surface area contributed by atoms with Crippen molar-refractivity contribution in [3.05, 3.63) is 46.6 Å². The van der Waals surface area contributed by atoms with Gasteiger partial charge in [0.1, 0.15) is 5.82 Å². The summed E-state index contributed by atoms with van der Waals surface area (Å²) in [4.78, 5) is 22.8. The third-order valence-electron chi connectivity index (χ3n) is 3.94. The van der Waals surface area contributed by atoms with Crippen LogP contribution >= 0.6 is 11.8 Å². The summed E-state index contributed by atoms with van der Waals surface area (Å²) in [5.41, 5.74) is 1.08. The van der Waals surface area contributed by atoms with Crippen molar-refractivity contribution in [1.29, 1.82) is 0 Å². The minimum Gasteiger partial charge on any atom is -0.332 e. The summed E-state index contributed by atoms with van der Waals surface area (Å²) in [6.07, 6.45) is 1.56. The molecule has 5 aromatic rings. The number of imidazole rings is 1. The first-order valence-electron chi connectivity index (χ1n) is 7.24. The van der Waals surface area contributed by atoms with Gasteiger partial charge in [-0.2, -0.15) is 0 Å². The van der Waals surface area contributed by atoms with Gasteiger partial charge in [-0.05, 0) is 46.5 Å². The van der Waals surface area contributed by atoms with Crippen LogP contribution in [0.3, 0.4) is 0 Å². The molecule has 0 saturated heterocycles. The van der Waals surface area contributed by atoms with Crippen LogP contribution in [-0.4, -0.2) is 35.6 Å². The van der Waals surface area contributed by atoms with Crippen LogP contribution in [0.2, 0.25) is 0 Å². The number of benzene rings is 2. The van der Waals surface area contributed by atoms with Crippen molar-refractivity contribution in [3.8, 4) is 0 Å². The molecule has 0 unspecified atom stereocenters. The van der Waals surface area contributed by atoms with E-state index >= 15 is 0 Å². The Labute approximate surface area is 141 Å². The zero-order chi connectivity index (χ0) is 17.0. The molecule has 0 radical (unpaired) electrons. The number of halogens is 1. The van der Waals surface area contributed by atoms with E-state index in [0.717, 1.165) is 0 Å². The molecule has 0 bridgehead atoms. The Morgan fingerprint density at radius 3 is 2.84 bits per heavy atom. The van der Waals surface area contributed by atoms with Crippen molar-refractivity contribution in [2.75, 3.05) is 0 Å². The Morgan fingerprint density at radius 2 is 2.00 bits per heavy atom. The van der Waals surface area contributed by atoms with Crippen molar-refractivity contribution < 1.29 is 4.39 Å². The summed E-state index contributed by atoms with van der Waals surface area (Å²) >= 11 is 1.23. The first kappa shape index (κ1) is 14.1. The van der Waals surface area contributed by atoms with E-state index < -0.39 is 5.82 Å². The zero-order valence-electron chi connectivity index (χ0n) is 12.4. The fourth-order valence-corrected chi connectivity index (χ4v) is 3.60. The maximum Gasteiger partial charge on any atom is 0.256 e. The van der Waals surface area contributed by atoms with Gasteiger partial charge in [-0.1, -0.05) is 0 Å². The molecule has 2 aromatic carbocycles. The molecule has 0 aliphatic carbocycles. The number of hydrogen-bond acceptors (Lipinski definition) is 6. The van der Waals surface area contributed by atoms with Crippen LogP contribution in [-0.2, 0) is 0 Å². The highest BCUT2D eigenvalue weighted by molar-refractivity contribution is 7.99. The van der Waals surface area contributed by atoms with E-state index in [4.69, 9.17) is 0 Å². The van der Waals surface area contributed by atoms with E-state index in [1.165, 1.54) is 23.9 Å². The summed E-state index contributed by atoms with van der Waals surface area (Å²) < 4.78 is 13.8. The highest BCUT2D eigenvalue weighted by Crippen LogP contribution is 2.34. The molecule has 0 atom stereocenters. The predicted octanol–water partition coefficient (Wildman–Crippen LogP) is 2.36. The van der Waals surface area contributed by atoms with Crippen molar-refractivity contribution in [2.45, 2.75) is 10.3 Å². The third-order valence-corrected chi connectivity index (χ3v) is 4.69. The highest BCUT2D eigenvalue weighted by atomic mass is 32.2. The van der Waals surface area contributed by atoms with Crippen molar-refractivity contribution in [2.24, 2.45) is 0 Å². The van der Waals surface area contributed by atoms with Gasteiger partial charge in [0, 0.05) is 22.4 Å². The lowest BCUT2D eigenvalue weighted by molar-refractivity contribution is 0.630. The zero-order valence-corrected chi connectivity index (χ0v) is 13.2. The summed E-state index contributed by atoms with van der Waals surface area (Å²) in [7, 11) is 0. The van der Waals surface area contributed by atoms with E-state index in [0.29, 0.717) is 42.9 Å². The van der Waals surface area contributed by atoms with E-state index in [9.17, 15) is 9.18 Å². The van der Waals surface area contributed by atoms with Crippen molar-refractivity contribution in [3.63, 3.8) is 0 Å². The average Bonchev–Trinajstić information content (AvgIpc) is 3.25. The van der Waals surface area contributed by atoms with Gasteiger partial charge in [0.05, 0.1) is 16.4 Å². The summed E-state index contributed by atoms with van der Waals surface area (Å²) in [6.45, 7) is 0. The van der Waals surface area contributed by atoms with Crippen LogP contribution in [0.1, 0.15) is 0 Å². The monoisotopic (exact) mass is 353 g/mol. The van der Waals surface area contributed by atoms with Crippen molar-refractivity contribution >= 4 is 44.3 Å². The Balaban J connectivity index is 1.92. The Kier molecular flexibility index (Phi) is 2.88. The second kappa shape index (κ2) is 5.11. The molecule has 3 heterocycles. The minimum absolute atomic E-state index is 0.279. The van der Waals surface area contributed by atoms with Gasteiger partial charge in [0.15, 0.2) is 5.16 Å². The van der Waals surface area contributed by atoms with Gasteiger partial charge in [0.25, 0.3) is 5.56 Å². The number of tetrazole rings is 1. The van der Waals surface area contributed by atoms with E-state index in [1.807, 2.05) is 0 Å². The Hall–Kier alpha value is -3.27. The molecule has 0 aliphatic heterocycles. The second-order valence-electron chi connectivity index (χ2n) is 5.36. The van der Waals surface area contributed by atoms with Gasteiger partial charge in [0.2, 0.25) is 5.16 Å². The maximum atomic E-state index is 13.8. The quantitative estimate of drug-likeness (QED) is 0.420. The first-order valence-corrected chi connectivity index (χ1v) is 8.06. The van der Waals surface area contributed by atoms with Gasteiger partial charge in [-0.25, -0.2) is 14.5 Å². The largest absolute Gasteiger partial charge is 0.332 e. The highest BCUT2D eigenvalue weighted by Gasteiger charge is 2.16. The fraction of sp³-hybridized carbons (Fsp3) is 0. The molecule has 5 rings (SSSR count). The SMILES string of the molecule is O=c1[nH]ccc2c3[nH]c(Sc4nnn[nH]4)nc3c3ccc(F)cc3c12. The number of H-pyrrole nitrogens is 3. The van der Waals surface area contributed by atoms with Crippen LogP contribution in [0.5, 0.6) is 0 Å². The number of aromatic nitrogens is 7. The topological polar surface area (TPSA) is 116 Å². The lowest BCUT2D eigenvalue weighted by Gasteiger charge is -2.05. The molecule has 10 heteroatoms. The maximum absolute atomic E-state index is 13.8. The summed E-state index contributed by atoms with van der Waals surface area (Å²) in [6, 6.07) is 6.11. The van der Waals surface area contributed by atoms with E-state index in [-0.39, 0.29) is 5.56 Å². The minimum atomic E-state index is -0.408. The number of nitrogens with one attached hydrogen (secondary N) is 3. The predicted molar refractivity (Wildman–Crippen MR) is 90.0 cm³/mol. The van der Waals surface area contributed by atoms with Gasteiger partial charge < -0.3 is 9.97 Å². The third kappa shape index (κ3) is 2.11. The van der Waals surface area contributed by atoms with Gasteiger partial charge in [-0.3, -0.25) is 4.79 Å². The number of nitrogens with zero attached hydrogens (tertiary/aromatic N) is 4. The number of fused-ring (bicyclic) bond motifs is 6. The molecule has 0 aliphatic rings. The lowest BCUT2D eigenvalue weighted by Crippen LogP contribution is -2.05. The summed E-state index contributed by atoms with van der Waals surface area (Å²) in [5.74, 6) is -0.408. The van der Waals surface area contributed by atoms with Crippen LogP contribution in [0.4, 0.5) is 4.39 Å². The molecule has 122 valence electrons. The standard InChI is InChI=1S/C15H8FN7OS/c16-6-1-2-7-9(5-6)10-8(3-4-17-13(10)24)12-11(7)18-14(19-12)25-15-20-22-23-21-15/h1-5H,(H,17,24)(H,18,19)(H,20,21,22,23). The second-order valence-corrected chi connectivity index (χ2v) is 6.34. The lowest BCUT2D eigenvalue weighted by atomic mass is 10.0. The van der Waals surface area contributed by atoms with E-state index in [1.54, 1.807) is 18.3 Å². The number of hydrogen-bond donors (Lipinski definition) is 3. The first-order chi connectivity index (χ1) is 12.2. The molecule has 3 aromatic heterocycles. The Morgan fingerprint density at radius 1 is 1.08 bits per heavy atom. The Bertz CT molecular complexity index is 1310. The fourth-order valence-electron chi connectivity index (χ4n) is 2.96. The molecule has 8 nitrogen and oxygen atoms in total. The molecule has 3 N–H and O–H groups in total. The van der Waals surface area contributed by atoms with Crippen LogP contribution < -0.4 is 5.56 Å². The van der Waals surface area contributed by atoms with Crippen molar-refractivity contribution in [1.82, 2.24) is 35.6 Å². The summed E-state index contributed by atoms with van der Waals surface area (Å²) in [5, 5.41) is 16.9. The van der Waals surface area contributed by atoms with Gasteiger partial charge >= 0.3 is 0 Å². The molecule has 0 spiro atoms. The number of pyridine rings is 1. The number of aromatic amines is 3. The van der Waals surface area contributed by atoms with Crippen LogP contribution in [0.15, 0.2) is 45.6 Å². The van der Waals surface area contributed by atoms with E-state index in [2.05, 4.69) is 35.6 Å². The normalized spacial score (nSPS) is 11.7. The molecule has 25 heavy (non-hydrogen) atoms. The molecule has 0 amide bonds. The molecule has 0 fully saturated rings. The molecular formula is C15H8FN7OS. The number of rotatable bonds is 2. The average molecular weight is 353 g/mol. The van der Waals surface area contributed by atoms with Crippen LogP contribution in [0.25, 0.3) is 32.6 Å². The smallest absolute Gasteiger partial charge is 0.256 e. The molecular weight excluding hydrogens is 345 g/mol.